The van der Waals surface area contributed by atoms with Gasteiger partial charge in [-0.05, 0) is 43.7 Å². The van der Waals surface area contributed by atoms with Crippen LogP contribution in [0.25, 0.3) is 0 Å². The van der Waals surface area contributed by atoms with Crippen molar-refractivity contribution in [2.75, 3.05) is 5.32 Å². The van der Waals surface area contributed by atoms with E-state index in [1.54, 1.807) is 0 Å². The second kappa shape index (κ2) is 6.49. The van der Waals surface area contributed by atoms with Crippen LogP contribution in [0.2, 0.25) is 0 Å². The van der Waals surface area contributed by atoms with Crippen LogP contribution in [0.4, 0.5) is 18.9 Å². The summed E-state index contributed by atoms with van der Waals surface area (Å²) in [6.45, 7) is 2.37. The fourth-order valence-corrected chi connectivity index (χ4v) is 2.42. The van der Waals surface area contributed by atoms with Gasteiger partial charge in [-0.3, -0.25) is 9.35 Å². The molecule has 5 nitrogen and oxygen atoms in total. The SMILES string of the molecule is CC(C)(c1ccc(F)c(C(=O)Nc2ccc(F)c(F)c2)c1)S(=O)(=O)O. The number of rotatable bonds is 4. The van der Waals surface area contributed by atoms with E-state index in [1.807, 2.05) is 0 Å². The van der Waals surface area contributed by atoms with Crippen molar-refractivity contribution in [2.45, 2.75) is 18.6 Å². The summed E-state index contributed by atoms with van der Waals surface area (Å²) in [7, 11) is -4.53. The monoisotopic (exact) mass is 373 g/mol. The molecule has 2 N–H and O–H groups in total. The second-order valence-corrected chi connectivity index (χ2v) is 7.73. The molecule has 0 saturated carbocycles. The highest BCUT2D eigenvalue weighted by Crippen LogP contribution is 2.30. The van der Waals surface area contributed by atoms with Gasteiger partial charge in [0.15, 0.2) is 11.6 Å². The summed E-state index contributed by atoms with van der Waals surface area (Å²) in [5.41, 5.74) is -0.645. The zero-order chi connectivity index (χ0) is 19.0. The summed E-state index contributed by atoms with van der Waals surface area (Å²) < 4.78 is 70.4. The Bertz CT molecular complexity index is 942. The lowest BCUT2D eigenvalue weighted by molar-refractivity contribution is 0.102. The van der Waals surface area contributed by atoms with Crippen LogP contribution in [0.1, 0.15) is 29.8 Å². The summed E-state index contributed by atoms with van der Waals surface area (Å²) in [5.74, 6) is -4.24. The van der Waals surface area contributed by atoms with Crippen LogP contribution in [-0.2, 0) is 14.9 Å². The smallest absolute Gasteiger partial charge is 0.274 e. The van der Waals surface area contributed by atoms with Crippen LogP contribution in [0.3, 0.4) is 0 Å². The number of carbonyl (C=O) groups is 1. The van der Waals surface area contributed by atoms with Crippen molar-refractivity contribution >= 4 is 21.7 Å². The van der Waals surface area contributed by atoms with Crippen LogP contribution in [0, 0.1) is 17.5 Å². The summed E-state index contributed by atoms with van der Waals surface area (Å²) in [5, 5.41) is 2.19. The Morgan fingerprint density at radius 1 is 1.00 bits per heavy atom. The first-order valence-electron chi connectivity index (χ1n) is 6.97. The Hall–Kier alpha value is -2.39. The quantitative estimate of drug-likeness (QED) is 0.804. The number of carbonyl (C=O) groups excluding carboxylic acids is 1. The largest absolute Gasteiger partial charge is 0.322 e. The standard InChI is InChI=1S/C16H14F3NO4S/c1-16(2,25(22,23)24)9-3-5-12(17)11(7-9)15(21)20-10-4-6-13(18)14(19)8-10/h3-8H,1-2H3,(H,20,21)(H,22,23,24). The fraction of sp³-hybridized carbons (Fsp3) is 0.188. The molecule has 0 aromatic heterocycles. The van der Waals surface area contributed by atoms with Gasteiger partial charge in [-0.15, -0.1) is 0 Å². The van der Waals surface area contributed by atoms with E-state index in [4.69, 9.17) is 0 Å². The predicted octanol–water partition coefficient (Wildman–Crippen LogP) is 3.48. The fourth-order valence-electron chi connectivity index (χ4n) is 2.00. The highest BCUT2D eigenvalue weighted by molar-refractivity contribution is 7.86. The Labute approximate surface area is 142 Å². The number of nitrogens with one attached hydrogen (secondary N) is 1. The molecule has 134 valence electrons. The summed E-state index contributed by atoms with van der Waals surface area (Å²) in [6.07, 6.45) is 0. The van der Waals surface area contributed by atoms with Gasteiger partial charge in [-0.2, -0.15) is 8.42 Å². The van der Waals surface area contributed by atoms with Crippen molar-refractivity contribution in [3.8, 4) is 0 Å². The molecule has 0 atom stereocenters. The van der Waals surface area contributed by atoms with E-state index in [0.717, 1.165) is 36.4 Å². The molecule has 0 fully saturated rings. The summed E-state index contributed by atoms with van der Waals surface area (Å²) >= 11 is 0. The molecule has 9 heteroatoms. The van der Waals surface area contributed by atoms with E-state index in [2.05, 4.69) is 5.32 Å². The van der Waals surface area contributed by atoms with Crippen molar-refractivity contribution in [3.63, 3.8) is 0 Å². The third kappa shape index (κ3) is 3.83. The maximum absolute atomic E-state index is 13.9. The molecular formula is C16H14F3NO4S. The van der Waals surface area contributed by atoms with E-state index < -0.39 is 43.8 Å². The lowest BCUT2D eigenvalue weighted by atomic mass is 9.99. The molecule has 0 bridgehead atoms. The number of hydrogen-bond acceptors (Lipinski definition) is 3. The molecule has 0 aliphatic heterocycles. The maximum Gasteiger partial charge on any atom is 0.274 e. The van der Waals surface area contributed by atoms with Crippen molar-refractivity contribution in [2.24, 2.45) is 0 Å². The Morgan fingerprint density at radius 3 is 2.16 bits per heavy atom. The van der Waals surface area contributed by atoms with Gasteiger partial charge >= 0.3 is 0 Å². The first kappa shape index (κ1) is 18.9. The third-order valence-corrected chi connectivity index (χ3v) is 5.25. The first-order valence-corrected chi connectivity index (χ1v) is 8.41. The summed E-state index contributed by atoms with van der Waals surface area (Å²) in [6, 6.07) is 5.56. The van der Waals surface area contributed by atoms with Crippen LogP contribution < -0.4 is 5.32 Å². The molecule has 1 amide bonds. The highest BCUT2D eigenvalue weighted by atomic mass is 32.2. The van der Waals surface area contributed by atoms with Crippen molar-refractivity contribution in [1.29, 1.82) is 0 Å². The van der Waals surface area contributed by atoms with E-state index in [0.29, 0.717) is 0 Å². The van der Waals surface area contributed by atoms with Crippen LogP contribution in [0.5, 0.6) is 0 Å². The Kier molecular flexibility index (Phi) is 4.92. The van der Waals surface area contributed by atoms with Crippen molar-refractivity contribution in [3.05, 3.63) is 65.0 Å². The van der Waals surface area contributed by atoms with Crippen LogP contribution in [-0.4, -0.2) is 18.9 Å². The molecular weight excluding hydrogens is 359 g/mol. The van der Waals surface area contributed by atoms with Gasteiger partial charge in [-0.25, -0.2) is 13.2 Å². The van der Waals surface area contributed by atoms with E-state index in [1.165, 1.54) is 13.8 Å². The minimum absolute atomic E-state index is 0.0214. The number of anilines is 1. The molecule has 2 aromatic rings. The molecule has 0 aliphatic carbocycles. The lowest BCUT2D eigenvalue weighted by Crippen LogP contribution is -2.29. The zero-order valence-electron chi connectivity index (χ0n) is 13.2. The molecule has 25 heavy (non-hydrogen) atoms. The van der Waals surface area contributed by atoms with Gasteiger partial charge in [0.2, 0.25) is 0 Å². The topological polar surface area (TPSA) is 83.5 Å². The molecule has 0 aliphatic rings. The number of benzene rings is 2. The van der Waals surface area contributed by atoms with Gasteiger partial charge < -0.3 is 5.32 Å². The number of hydrogen-bond donors (Lipinski definition) is 2. The summed E-state index contributed by atoms with van der Waals surface area (Å²) in [4.78, 5) is 12.2. The average Bonchev–Trinajstić information content (AvgIpc) is 2.50. The number of halogens is 3. The average molecular weight is 373 g/mol. The van der Waals surface area contributed by atoms with Gasteiger partial charge in [0.25, 0.3) is 16.0 Å². The molecule has 0 unspecified atom stereocenters. The van der Waals surface area contributed by atoms with Crippen LogP contribution in [0.15, 0.2) is 36.4 Å². The van der Waals surface area contributed by atoms with Gasteiger partial charge in [0, 0.05) is 11.8 Å². The maximum atomic E-state index is 13.9. The Morgan fingerprint density at radius 2 is 1.60 bits per heavy atom. The predicted molar refractivity (Wildman–Crippen MR) is 85.3 cm³/mol. The van der Waals surface area contributed by atoms with E-state index in [-0.39, 0.29) is 11.3 Å². The minimum Gasteiger partial charge on any atom is -0.322 e. The molecule has 0 radical (unpaired) electrons. The molecule has 2 rings (SSSR count). The van der Waals surface area contributed by atoms with Crippen molar-refractivity contribution < 1.29 is 30.9 Å². The van der Waals surface area contributed by atoms with Gasteiger partial charge in [-0.1, -0.05) is 6.07 Å². The molecule has 0 saturated heterocycles. The van der Waals surface area contributed by atoms with E-state index >= 15 is 0 Å². The highest BCUT2D eigenvalue weighted by Gasteiger charge is 2.35. The molecule has 2 aromatic carbocycles. The number of amides is 1. The molecule has 0 heterocycles. The Balaban J connectivity index is 2.40. The molecule has 0 spiro atoms. The van der Waals surface area contributed by atoms with Crippen LogP contribution >= 0.6 is 0 Å². The lowest BCUT2D eigenvalue weighted by Gasteiger charge is -2.22. The first-order chi connectivity index (χ1) is 11.4. The zero-order valence-corrected chi connectivity index (χ0v) is 14.0. The van der Waals surface area contributed by atoms with E-state index in [9.17, 15) is 30.9 Å². The van der Waals surface area contributed by atoms with Crippen molar-refractivity contribution in [1.82, 2.24) is 0 Å². The van der Waals surface area contributed by atoms with Gasteiger partial charge in [0.1, 0.15) is 10.6 Å². The van der Waals surface area contributed by atoms with Gasteiger partial charge in [0.05, 0.1) is 5.56 Å². The minimum atomic E-state index is -4.53. The normalized spacial score (nSPS) is 12.1. The third-order valence-electron chi connectivity index (χ3n) is 3.73. The second-order valence-electron chi connectivity index (χ2n) is 5.76.